The Morgan fingerprint density at radius 1 is 1.38 bits per heavy atom. The SMILES string of the molecule is C=C(OCCCCCC)C(=O)[O-].[Na+]. The fourth-order valence-electron chi connectivity index (χ4n) is 0.783. The molecule has 70 valence electrons. The monoisotopic (exact) mass is 194 g/mol. The maximum absolute atomic E-state index is 10.1. The van der Waals surface area contributed by atoms with Crippen molar-refractivity contribution in [3.05, 3.63) is 12.3 Å². The smallest absolute Gasteiger partial charge is 0.542 e. The van der Waals surface area contributed by atoms with Gasteiger partial charge < -0.3 is 14.6 Å². The molecule has 0 aromatic rings. The first-order valence-corrected chi connectivity index (χ1v) is 4.21. The van der Waals surface area contributed by atoms with Gasteiger partial charge in [0.25, 0.3) is 0 Å². The third kappa shape index (κ3) is 9.93. The quantitative estimate of drug-likeness (QED) is 0.201. The van der Waals surface area contributed by atoms with Crippen LogP contribution in [0.3, 0.4) is 0 Å². The molecule has 0 saturated heterocycles. The molecule has 0 saturated carbocycles. The molecule has 0 aromatic heterocycles. The Labute approximate surface area is 101 Å². The van der Waals surface area contributed by atoms with E-state index in [2.05, 4.69) is 13.5 Å². The molecular formula is C9H15NaO3. The third-order valence-electron chi connectivity index (χ3n) is 1.50. The predicted octanol–water partition coefficient (Wildman–Crippen LogP) is -2.15. The molecule has 0 rings (SSSR count). The van der Waals surface area contributed by atoms with Crippen LogP contribution < -0.4 is 34.7 Å². The van der Waals surface area contributed by atoms with Crippen LogP contribution in [0.4, 0.5) is 0 Å². The van der Waals surface area contributed by atoms with Crippen LogP contribution >= 0.6 is 0 Å². The van der Waals surface area contributed by atoms with Gasteiger partial charge >= 0.3 is 29.6 Å². The van der Waals surface area contributed by atoms with Gasteiger partial charge in [0.2, 0.25) is 0 Å². The van der Waals surface area contributed by atoms with Gasteiger partial charge in [0, 0.05) is 0 Å². The molecule has 0 radical (unpaired) electrons. The molecule has 0 aliphatic rings. The summed E-state index contributed by atoms with van der Waals surface area (Å²) in [7, 11) is 0. The molecule has 0 amide bonds. The molecule has 0 bridgehead atoms. The zero-order chi connectivity index (χ0) is 9.40. The number of carboxylic acid groups (broad SMARTS) is 1. The summed E-state index contributed by atoms with van der Waals surface area (Å²) in [4.78, 5) is 10.1. The zero-order valence-corrected chi connectivity index (χ0v) is 10.5. The fourth-order valence-corrected chi connectivity index (χ4v) is 0.783. The molecule has 0 N–H and O–H groups in total. The number of carboxylic acids is 1. The summed E-state index contributed by atoms with van der Waals surface area (Å²) >= 11 is 0. The van der Waals surface area contributed by atoms with Gasteiger partial charge in [-0.05, 0) is 6.42 Å². The van der Waals surface area contributed by atoms with Crippen molar-refractivity contribution in [3.8, 4) is 0 Å². The summed E-state index contributed by atoms with van der Waals surface area (Å²) in [6.07, 6.45) is 4.25. The van der Waals surface area contributed by atoms with E-state index in [0.717, 1.165) is 25.7 Å². The van der Waals surface area contributed by atoms with Crippen molar-refractivity contribution < 1.29 is 44.2 Å². The van der Waals surface area contributed by atoms with Gasteiger partial charge in [-0.15, -0.1) is 0 Å². The molecule has 0 spiro atoms. The summed E-state index contributed by atoms with van der Waals surface area (Å²) in [6.45, 7) is 5.72. The molecule has 0 atom stereocenters. The van der Waals surface area contributed by atoms with Gasteiger partial charge in [0.1, 0.15) is 11.7 Å². The van der Waals surface area contributed by atoms with E-state index in [4.69, 9.17) is 4.74 Å². The minimum Gasteiger partial charge on any atom is -0.542 e. The second kappa shape index (κ2) is 10.1. The molecule has 0 aromatic carbocycles. The van der Waals surface area contributed by atoms with Crippen LogP contribution in [-0.2, 0) is 9.53 Å². The number of rotatable bonds is 7. The fraction of sp³-hybridized carbons (Fsp3) is 0.667. The number of ether oxygens (including phenoxy) is 1. The van der Waals surface area contributed by atoms with E-state index in [1.54, 1.807) is 0 Å². The maximum Gasteiger partial charge on any atom is 1.00 e. The number of aliphatic carboxylic acids is 1. The Kier molecular flexibility index (Phi) is 12.0. The van der Waals surface area contributed by atoms with Gasteiger partial charge in [-0.3, -0.25) is 0 Å². The normalized spacial score (nSPS) is 8.69. The van der Waals surface area contributed by atoms with Gasteiger partial charge in [0.05, 0.1) is 6.61 Å². The van der Waals surface area contributed by atoms with Crippen LogP contribution in [0.25, 0.3) is 0 Å². The Morgan fingerprint density at radius 2 is 2.00 bits per heavy atom. The minimum absolute atomic E-state index is 0. The minimum atomic E-state index is -1.33. The van der Waals surface area contributed by atoms with Crippen molar-refractivity contribution in [3.63, 3.8) is 0 Å². The second-order valence-electron chi connectivity index (χ2n) is 2.62. The summed E-state index contributed by atoms with van der Waals surface area (Å²) in [5.74, 6) is -1.60. The van der Waals surface area contributed by atoms with Crippen molar-refractivity contribution in [2.24, 2.45) is 0 Å². The number of unbranched alkanes of at least 4 members (excludes halogenated alkanes) is 3. The average molecular weight is 194 g/mol. The number of carbonyl (C=O) groups is 1. The number of hydrogen-bond donors (Lipinski definition) is 0. The van der Waals surface area contributed by atoms with Crippen molar-refractivity contribution in [2.75, 3.05) is 6.61 Å². The number of hydrogen-bond acceptors (Lipinski definition) is 3. The van der Waals surface area contributed by atoms with E-state index in [9.17, 15) is 9.90 Å². The molecule has 0 fully saturated rings. The largest absolute Gasteiger partial charge is 1.00 e. The van der Waals surface area contributed by atoms with E-state index < -0.39 is 5.97 Å². The van der Waals surface area contributed by atoms with Crippen LogP contribution in [0.5, 0.6) is 0 Å². The van der Waals surface area contributed by atoms with Crippen molar-refractivity contribution in [2.45, 2.75) is 32.6 Å². The molecule has 3 nitrogen and oxygen atoms in total. The second-order valence-corrected chi connectivity index (χ2v) is 2.62. The van der Waals surface area contributed by atoms with E-state index in [-0.39, 0.29) is 35.3 Å². The van der Waals surface area contributed by atoms with Crippen molar-refractivity contribution >= 4 is 5.97 Å². The van der Waals surface area contributed by atoms with Crippen LogP contribution in [0, 0.1) is 0 Å². The van der Waals surface area contributed by atoms with Gasteiger partial charge in [-0.25, -0.2) is 0 Å². The number of carbonyl (C=O) groups excluding carboxylic acids is 1. The Hall–Kier alpha value is 0.0100. The summed E-state index contributed by atoms with van der Waals surface area (Å²) in [5, 5.41) is 10.1. The first-order chi connectivity index (χ1) is 5.68. The van der Waals surface area contributed by atoms with Crippen molar-refractivity contribution in [1.82, 2.24) is 0 Å². The summed E-state index contributed by atoms with van der Waals surface area (Å²) in [5.41, 5.74) is 0. The first-order valence-electron chi connectivity index (χ1n) is 4.21. The summed E-state index contributed by atoms with van der Waals surface area (Å²) in [6, 6.07) is 0. The van der Waals surface area contributed by atoms with E-state index in [1.807, 2.05) is 0 Å². The standard InChI is InChI=1S/C9H16O3.Na/c1-3-4-5-6-7-12-8(2)9(10)11;/h2-7H2,1H3,(H,10,11);/q;+1/p-1. The molecule has 0 unspecified atom stereocenters. The molecule has 13 heavy (non-hydrogen) atoms. The Balaban J connectivity index is 0. The van der Waals surface area contributed by atoms with Gasteiger partial charge in [-0.1, -0.05) is 32.8 Å². The Morgan fingerprint density at radius 3 is 2.46 bits per heavy atom. The van der Waals surface area contributed by atoms with Crippen LogP contribution in [0.15, 0.2) is 12.3 Å². The van der Waals surface area contributed by atoms with Crippen LogP contribution in [0.1, 0.15) is 32.6 Å². The van der Waals surface area contributed by atoms with E-state index in [1.165, 1.54) is 0 Å². The Bertz CT molecular complexity index is 157. The van der Waals surface area contributed by atoms with E-state index >= 15 is 0 Å². The third-order valence-corrected chi connectivity index (χ3v) is 1.50. The molecule has 0 aliphatic carbocycles. The topological polar surface area (TPSA) is 49.4 Å². The van der Waals surface area contributed by atoms with Crippen LogP contribution in [0.2, 0.25) is 0 Å². The van der Waals surface area contributed by atoms with E-state index in [0.29, 0.717) is 6.61 Å². The maximum atomic E-state index is 10.1. The summed E-state index contributed by atoms with van der Waals surface area (Å²) < 4.78 is 4.79. The molecule has 0 aliphatic heterocycles. The predicted molar refractivity (Wildman–Crippen MR) is 44.2 cm³/mol. The molecule has 4 heteroatoms. The van der Waals surface area contributed by atoms with Crippen molar-refractivity contribution in [1.29, 1.82) is 0 Å². The van der Waals surface area contributed by atoms with Gasteiger partial charge in [-0.2, -0.15) is 0 Å². The first kappa shape index (κ1) is 15.5. The van der Waals surface area contributed by atoms with Gasteiger partial charge in [0.15, 0.2) is 0 Å². The molecular weight excluding hydrogens is 179 g/mol. The average Bonchev–Trinajstić information content (AvgIpc) is 2.03. The zero-order valence-electron chi connectivity index (χ0n) is 8.47. The van der Waals surface area contributed by atoms with Crippen LogP contribution in [-0.4, -0.2) is 12.6 Å². The molecule has 0 heterocycles.